The zero-order chi connectivity index (χ0) is 14.4. The molecule has 0 aliphatic carbocycles. The van der Waals surface area contributed by atoms with E-state index in [9.17, 15) is 0 Å². The van der Waals surface area contributed by atoms with Gasteiger partial charge in [-0.2, -0.15) is 5.26 Å². The minimum atomic E-state index is 0.447. The molecule has 0 radical (unpaired) electrons. The van der Waals surface area contributed by atoms with Crippen molar-refractivity contribution < 1.29 is 4.74 Å². The molecule has 19 heavy (non-hydrogen) atoms. The molecule has 1 aromatic carbocycles. The maximum atomic E-state index is 9.01. The zero-order valence-electron chi connectivity index (χ0n) is 10.8. The Labute approximate surface area is 128 Å². The fraction of sp³-hybridized carbons (Fsp3) is 0.357. The lowest BCUT2D eigenvalue weighted by molar-refractivity contribution is 0.289. The van der Waals surface area contributed by atoms with Crippen LogP contribution in [0.5, 0.6) is 0 Å². The van der Waals surface area contributed by atoms with Gasteiger partial charge in [-0.3, -0.25) is 0 Å². The summed E-state index contributed by atoms with van der Waals surface area (Å²) in [6.07, 6.45) is 2.17. The smallest absolute Gasteiger partial charge is 0.106 e. The number of allylic oxidation sites excluding steroid dienone is 2. The number of nitriles is 1. The molecule has 0 amide bonds. The number of ether oxygens (including phenoxy) is 1. The summed E-state index contributed by atoms with van der Waals surface area (Å²) in [5.74, 6) is 0.655. The van der Waals surface area contributed by atoms with Gasteiger partial charge in [0, 0.05) is 5.02 Å². The van der Waals surface area contributed by atoms with Crippen LogP contribution in [-0.2, 0) is 11.2 Å². The molecule has 0 saturated heterocycles. The van der Waals surface area contributed by atoms with Gasteiger partial charge in [-0.1, -0.05) is 34.8 Å². The van der Waals surface area contributed by atoms with Gasteiger partial charge in [0.15, 0.2) is 0 Å². The molecule has 0 heterocycles. The van der Waals surface area contributed by atoms with Crippen molar-refractivity contribution in [2.75, 3.05) is 7.11 Å². The molecule has 0 bridgehead atoms. The van der Waals surface area contributed by atoms with Crippen LogP contribution in [0.15, 0.2) is 23.5 Å². The summed E-state index contributed by atoms with van der Waals surface area (Å²) in [7, 11) is 1.56. The molecular formula is C14H14Cl3NO. The van der Waals surface area contributed by atoms with Crippen molar-refractivity contribution >= 4 is 34.8 Å². The maximum absolute atomic E-state index is 9.01. The van der Waals surface area contributed by atoms with E-state index in [-0.39, 0.29) is 0 Å². The van der Waals surface area contributed by atoms with Crippen LogP contribution >= 0.6 is 34.8 Å². The molecule has 0 saturated carbocycles. The molecule has 0 spiro atoms. The van der Waals surface area contributed by atoms with Gasteiger partial charge in [0.25, 0.3) is 0 Å². The van der Waals surface area contributed by atoms with E-state index in [1.54, 1.807) is 26.2 Å². The predicted molar refractivity (Wildman–Crippen MR) is 79.7 cm³/mol. The number of rotatable bonds is 5. The van der Waals surface area contributed by atoms with Gasteiger partial charge in [0.05, 0.1) is 28.8 Å². The highest BCUT2D eigenvalue weighted by molar-refractivity contribution is 6.43. The maximum Gasteiger partial charge on any atom is 0.106 e. The van der Waals surface area contributed by atoms with Crippen LogP contribution in [0.3, 0.4) is 0 Å². The molecule has 0 aliphatic heterocycles. The number of benzene rings is 1. The largest absolute Gasteiger partial charge is 0.500 e. The first-order valence-corrected chi connectivity index (χ1v) is 6.90. The van der Waals surface area contributed by atoms with Crippen LogP contribution in [0.1, 0.15) is 25.3 Å². The van der Waals surface area contributed by atoms with Crippen LogP contribution in [0.4, 0.5) is 0 Å². The molecule has 0 aliphatic rings. The Kier molecular flexibility index (Phi) is 6.51. The zero-order valence-corrected chi connectivity index (χ0v) is 13.0. The fourth-order valence-electron chi connectivity index (χ4n) is 1.64. The van der Waals surface area contributed by atoms with E-state index in [1.165, 1.54) is 0 Å². The standard InChI is InChI=1S/C14H14Cl3NO/c1-9(19-2)11(8-18)5-3-4-10-6-13(16)14(17)7-12(10)15/h6-7H,3-5H2,1-2H3/b11-9+. The van der Waals surface area contributed by atoms with E-state index < -0.39 is 0 Å². The average Bonchev–Trinajstić information content (AvgIpc) is 2.39. The van der Waals surface area contributed by atoms with Crippen molar-refractivity contribution in [3.05, 3.63) is 44.1 Å². The van der Waals surface area contributed by atoms with E-state index in [1.807, 2.05) is 0 Å². The molecule has 102 valence electrons. The first-order valence-electron chi connectivity index (χ1n) is 5.76. The van der Waals surface area contributed by atoms with Crippen LogP contribution in [0.25, 0.3) is 0 Å². The molecule has 2 nitrogen and oxygen atoms in total. The highest BCUT2D eigenvalue weighted by atomic mass is 35.5. The third-order valence-electron chi connectivity index (χ3n) is 2.83. The van der Waals surface area contributed by atoms with Gasteiger partial charge >= 0.3 is 0 Å². The van der Waals surface area contributed by atoms with Gasteiger partial charge in [0.2, 0.25) is 0 Å². The number of halogens is 3. The van der Waals surface area contributed by atoms with Gasteiger partial charge in [-0.15, -0.1) is 0 Å². The quantitative estimate of drug-likeness (QED) is 0.413. The lowest BCUT2D eigenvalue weighted by atomic mass is 10.0. The topological polar surface area (TPSA) is 33.0 Å². The summed E-state index contributed by atoms with van der Waals surface area (Å²) >= 11 is 17.9. The van der Waals surface area contributed by atoms with Gasteiger partial charge in [-0.25, -0.2) is 0 Å². The Morgan fingerprint density at radius 3 is 2.42 bits per heavy atom. The lowest BCUT2D eigenvalue weighted by Crippen LogP contribution is -1.93. The predicted octanol–water partition coefficient (Wildman–Crippen LogP) is 5.41. The molecule has 0 N–H and O–H groups in total. The van der Waals surface area contributed by atoms with Crippen molar-refractivity contribution in [2.45, 2.75) is 26.2 Å². The average molecular weight is 319 g/mol. The summed E-state index contributed by atoms with van der Waals surface area (Å²) < 4.78 is 5.06. The number of methoxy groups -OCH3 is 1. The van der Waals surface area contributed by atoms with Crippen molar-refractivity contribution in [2.24, 2.45) is 0 Å². The van der Waals surface area contributed by atoms with Gasteiger partial charge in [-0.05, 0) is 43.9 Å². The minimum absolute atomic E-state index is 0.447. The van der Waals surface area contributed by atoms with Crippen LogP contribution < -0.4 is 0 Å². The van der Waals surface area contributed by atoms with Gasteiger partial charge in [0.1, 0.15) is 5.76 Å². The highest BCUT2D eigenvalue weighted by Crippen LogP contribution is 2.30. The lowest BCUT2D eigenvalue weighted by Gasteiger charge is -2.07. The minimum Gasteiger partial charge on any atom is -0.500 e. The van der Waals surface area contributed by atoms with Crippen LogP contribution in [-0.4, -0.2) is 7.11 Å². The van der Waals surface area contributed by atoms with Crippen molar-refractivity contribution in [1.82, 2.24) is 0 Å². The fourth-order valence-corrected chi connectivity index (χ4v) is 2.31. The van der Waals surface area contributed by atoms with Crippen LogP contribution in [0, 0.1) is 11.3 Å². The third-order valence-corrected chi connectivity index (χ3v) is 3.90. The highest BCUT2D eigenvalue weighted by Gasteiger charge is 2.07. The molecule has 1 aromatic rings. The number of hydrogen-bond acceptors (Lipinski definition) is 2. The molecule has 0 unspecified atom stereocenters. The van der Waals surface area contributed by atoms with E-state index >= 15 is 0 Å². The molecule has 1 rings (SSSR count). The first kappa shape index (κ1) is 16.2. The van der Waals surface area contributed by atoms with E-state index in [0.717, 1.165) is 18.4 Å². The molecule has 0 fully saturated rings. The Balaban J connectivity index is 2.69. The monoisotopic (exact) mass is 317 g/mol. The summed E-state index contributed by atoms with van der Waals surface area (Å²) in [4.78, 5) is 0. The van der Waals surface area contributed by atoms with E-state index in [2.05, 4.69) is 6.07 Å². The second-order valence-corrected chi connectivity index (χ2v) is 5.28. The number of hydrogen-bond donors (Lipinski definition) is 0. The van der Waals surface area contributed by atoms with Crippen LogP contribution in [0.2, 0.25) is 15.1 Å². The van der Waals surface area contributed by atoms with Crippen molar-refractivity contribution in [3.63, 3.8) is 0 Å². The Bertz CT molecular complexity index is 532. The Morgan fingerprint density at radius 1 is 1.21 bits per heavy atom. The molecule has 0 aromatic heterocycles. The number of nitrogens with zero attached hydrogens (tertiary/aromatic N) is 1. The summed E-state index contributed by atoms with van der Waals surface area (Å²) in [6, 6.07) is 5.56. The Hall–Kier alpha value is -0.880. The molecule has 0 atom stereocenters. The third kappa shape index (κ3) is 4.62. The summed E-state index contributed by atoms with van der Waals surface area (Å²) in [5.41, 5.74) is 1.59. The Morgan fingerprint density at radius 2 is 1.84 bits per heavy atom. The molecular weight excluding hydrogens is 305 g/mol. The number of aryl methyl sites for hydroxylation is 1. The second kappa shape index (κ2) is 7.65. The van der Waals surface area contributed by atoms with E-state index in [0.29, 0.717) is 32.8 Å². The van der Waals surface area contributed by atoms with E-state index in [4.69, 9.17) is 44.8 Å². The normalized spacial score (nSPS) is 11.8. The van der Waals surface area contributed by atoms with Crippen molar-refractivity contribution in [3.8, 4) is 6.07 Å². The first-order chi connectivity index (χ1) is 8.99. The second-order valence-electron chi connectivity index (χ2n) is 4.06. The molecule has 5 heteroatoms. The summed E-state index contributed by atoms with van der Waals surface area (Å²) in [6.45, 7) is 1.78. The summed E-state index contributed by atoms with van der Waals surface area (Å²) in [5, 5.41) is 10.5. The van der Waals surface area contributed by atoms with Crippen molar-refractivity contribution in [1.29, 1.82) is 5.26 Å². The SMILES string of the molecule is CO/C(C)=C(/C#N)CCCc1cc(Cl)c(Cl)cc1Cl. The van der Waals surface area contributed by atoms with Gasteiger partial charge < -0.3 is 4.74 Å².